The van der Waals surface area contributed by atoms with E-state index in [0.717, 1.165) is 40.9 Å². The Morgan fingerprint density at radius 3 is 2.40 bits per heavy atom. The summed E-state index contributed by atoms with van der Waals surface area (Å²) in [5.41, 5.74) is 4.77. The molecule has 2 aliphatic heterocycles. The van der Waals surface area contributed by atoms with E-state index in [-0.39, 0.29) is 11.9 Å². The van der Waals surface area contributed by atoms with E-state index in [2.05, 4.69) is 52.1 Å². The van der Waals surface area contributed by atoms with Crippen molar-refractivity contribution in [1.82, 2.24) is 10.2 Å². The molecule has 2 aliphatic rings. The van der Waals surface area contributed by atoms with Gasteiger partial charge in [0.2, 0.25) is 5.91 Å². The van der Waals surface area contributed by atoms with Crippen LogP contribution in [-0.2, 0) is 22.5 Å². The maximum Gasteiger partial charge on any atom is 0.224 e. The third-order valence-electron chi connectivity index (χ3n) is 7.59. The zero-order valence-corrected chi connectivity index (χ0v) is 22.8. The molecule has 1 N–H and O–H groups in total. The summed E-state index contributed by atoms with van der Waals surface area (Å²) in [5.74, 6) is 1.75. The van der Waals surface area contributed by atoms with Gasteiger partial charge in [-0.25, -0.2) is 0 Å². The summed E-state index contributed by atoms with van der Waals surface area (Å²) in [6.07, 6.45) is 4.75. The second-order valence-corrected chi connectivity index (χ2v) is 10.7. The maximum absolute atomic E-state index is 12.9. The first-order valence-corrected chi connectivity index (χ1v) is 13.3. The van der Waals surface area contributed by atoms with Crippen molar-refractivity contribution in [3.63, 3.8) is 0 Å². The van der Waals surface area contributed by atoms with Crippen molar-refractivity contribution in [2.45, 2.75) is 70.6 Å². The van der Waals surface area contributed by atoms with Crippen LogP contribution in [0.15, 0.2) is 34.8 Å². The van der Waals surface area contributed by atoms with E-state index in [4.69, 9.17) is 14.2 Å². The maximum atomic E-state index is 12.9. The average Bonchev–Trinajstić information content (AvgIpc) is 3.05. The fourth-order valence-corrected chi connectivity index (χ4v) is 6.01. The van der Waals surface area contributed by atoms with Gasteiger partial charge in [0, 0.05) is 41.8 Å². The molecule has 35 heavy (non-hydrogen) atoms. The number of methoxy groups -OCH3 is 2. The van der Waals surface area contributed by atoms with E-state index in [1.165, 1.54) is 29.5 Å². The summed E-state index contributed by atoms with van der Waals surface area (Å²) >= 11 is 3.49. The second-order valence-electron chi connectivity index (χ2n) is 9.74. The lowest BCUT2D eigenvalue weighted by atomic mass is 9.94. The molecular weight excluding hydrogens is 508 g/mol. The zero-order valence-electron chi connectivity index (χ0n) is 21.2. The van der Waals surface area contributed by atoms with Crippen molar-refractivity contribution in [1.29, 1.82) is 0 Å². The fraction of sp³-hybridized carbons (Fsp3) is 0.536. The molecule has 4 rings (SSSR count). The van der Waals surface area contributed by atoms with Gasteiger partial charge in [-0.3, -0.25) is 9.69 Å². The van der Waals surface area contributed by atoms with Crippen LogP contribution in [0.2, 0.25) is 0 Å². The highest BCUT2D eigenvalue weighted by atomic mass is 79.9. The largest absolute Gasteiger partial charge is 0.496 e. The minimum absolute atomic E-state index is 0.0646. The molecule has 0 spiro atoms. The highest BCUT2D eigenvalue weighted by Crippen LogP contribution is 2.38. The predicted octanol–water partition coefficient (Wildman–Crippen LogP) is 4.95. The second kappa shape index (κ2) is 11.8. The standard InChI is InChI=1S/C28H37BrN2O4/c1-18-19(2)26(35-12-11-33-3)9-5-20(18)17-31-24-7-8-25(31)16-23(15-24)30-28(32)14-21-13-22(29)6-10-27(21)34-4/h5-6,9-10,13,23-25H,7-8,11-12,14-17H2,1-4H3,(H,30,32). The van der Waals surface area contributed by atoms with Gasteiger partial charge in [0.1, 0.15) is 18.1 Å². The molecule has 2 aromatic carbocycles. The first-order valence-electron chi connectivity index (χ1n) is 12.5. The van der Waals surface area contributed by atoms with Crippen molar-refractivity contribution in [3.05, 3.63) is 57.1 Å². The summed E-state index contributed by atoms with van der Waals surface area (Å²) in [5, 5.41) is 3.31. The molecule has 7 heteroatoms. The molecule has 0 aliphatic carbocycles. The van der Waals surface area contributed by atoms with Gasteiger partial charge in [0.05, 0.1) is 20.1 Å². The van der Waals surface area contributed by atoms with Crippen molar-refractivity contribution in [3.8, 4) is 11.5 Å². The molecule has 2 saturated heterocycles. The van der Waals surface area contributed by atoms with Gasteiger partial charge in [-0.2, -0.15) is 0 Å². The molecule has 2 bridgehead atoms. The van der Waals surface area contributed by atoms with Crippen LogP contribution in [0.5, 0.6) is 11.5 Å². The number of nitrogens with zero attached hydrogens (tertiary/aromatic N) is 1. The number of fused-ring (bicyclic) bond motifs is 2. The average molecular weight is 546 g/mol. The first kappa shape index (κ1) is 26.0. The molecule has 2 atom stereocenters. The van der Waals surface area contributed by atoms with Crippen LogP contribution in [0, 0.1) is 13.8 Å². The number of piperidine rings is 1. The Kier molecular flexibility index (Phi) is 8.73. The molecule has 190 valence electrons. The summed E-state index contributed by atoms with van der Waals surface area (Å²) in [6.45, 7) is 6.44. The van der Waals surface area contributed by atoms with Gasteiger partial charge in [-0.05, 0) is 80.5 Å². The Bertz CT molecular complexity index is 1030. The van der Waals surface area contributed by atoms with Gasteiger partial charge in [0.15, 0.2) is 0 Å². The van der Waals surface area contributed by atoms with Crippen LogP contribution in [0.1, 0.15) is 47.9 Å². The van der Waals surface area contributed by atoms with Crippen LogP contribution in [0.4, 0.5) is 0 Å². The SMILES string of the molecule is COCCOc1ccc(CN2C3CCC2CC(NC(=O)Cc2cc(Br)ccc2OC)C3)c(C)c1C. The van der Waals surface area contributed by atoms with Crippen LogP contribution in [-0.4, -0.2) is 56.4 Å². The number of hydrogen-bond donors (Lipinski definition) is 1. The molecule has 0 saturated carbocycles. The van der Waals surface area contributed by atoms with E-state index in [9.17, 15) is 4.79 Å². The number of halogens is 1. The van der Waals surface area contributed by atoms with Crippen molar-refractivity contribution in [2.24, 2.45) is 0 Å². The molecule has 2 unspecified atom stereocenters. The predicted molar refractivity (Wildman–Crippen MR) is 141 cm³/mol. The Morgan fingerprint density at radius 1 is 1.00 bits per heavy atom. The number of rotatable bonds is 10. The zero-order chi connectivity index (χ0) is 24.9. The van der Waals surface area contributed by atoms with E-state index in [0.29, 0.717) is 31.7 Å². The summed E-state index contributed by atoms with van der Waals surface area (Å²) < 4.78 is 17.4. The quantitative estimate of drug-likeness (QED) is 0.428. The minimum atomic E-state index is 0.0646. The highest BCUT2D eigenvalue weighted by Gasteiger charge is 2.41. The Hall–Kier alpha value is -2.09. The molecule has 6 nitrogen and oxygen atoms in total. The summed E-state index contributed by atoms with van der Waals surface area (Å²) in [7, 11) is 3.33. The lowest BCUT2D eigenvalue weighted by Crippen LogP contribution is -2.50. The molecule has 0 aromatic heterocycles. The molecule has 2 heterocycles. The van der Waals surface area contributed by atoms with Crippen LogP contribution in [0.25, 0.3) is 0 Å². The lowest BCUT2D eigenvalue weighted by molar-refractivity contribution is -0.121. The van der Waals surface area contributed by atoms with Gasteiger partial charge in [0.25, 0.3) is 0 Å². The first-order chi connectivity index (χ1) is 16.9. The number of carbonyl (C=O) groups excluding carboxylic acids is 1. The third kappa shape index (κ3) is 6.19. The molecule has 1 amide bonds. The number of hydrogen-bond acceptors (Lipinski definition) is 5. The van der Waals surface area contributed by atoms with Gasteiger partial charge in [-0.15, -0.1) is 0 Å². The van der Waals surface area contributed by atoms with Gasteiger partial charge in [-0.1, -0.05) is 22.0 Å². The minimum Gasteiger partial charge on any atom is -0.496 e. The van der Waals surface area contributed by atoms with Crippen LogP contribution < -0.4 is 14.8 Å². The third-order valence-corrected chi connectivity index (χ3v) is 8.08. The van der Waals surface area contributed by atoms with E-state index in [1.54, 1.807) is 14.2 Å². The normalized spacial score (nSPS) is 21.7. The number of carbonyl (C=O) groups is 1. The van der Waals surface area contributed by atoms with Gasteiger partial charge < -0.3 is 19.5 Å². The van der Waals surface area contributed by atoms with Crippen molar-refractivity contribution < 1.29 is 19.0 Å². The highest BCUT2D eigenvalue weighted by molar-refractivity contribution is 9.10. The molecule has 2 aromatic rings. The number of amides is 1. The van der Waals surface area contributed by atoms with Gasteiger partial charge >= 0.3 is 0 Å². The number of ether oxygens (including phenoxy) is 3. The molecular formula is C28H37BrN2O4. The van der Waals surface area contributed by atoms with E-state index >= 15 is 0 Å². The Labute approximate surface area is 217 Å². The number of nitrogens with one attached hydrogen (secondary N) is 1. The van der Waals surface area contributed by atoms with Crippen LogP contribution in [0.3, 0.4) is 0 Å². The molecule has 0 radical (unpaired) electrons. The van der Waals surface area contributed by atoms with Crippen molar-refractivity contribution >= 4 is 21.8 Å². The number of benzene rings is 2. The monoisotopic (exact) mass is 544 g/mol. The van der Waals surface area contributed by atoms with E-state index < -0.39 is 0 Å². The van der Waals surface area contributed by atoms with Crippen molar-refractivity contribution in [2.75, 3.05) is 27.4 Å². The summed E-state index contributed by atoms with van der Waals surface area (Å²) in [6, 6.07) is 11.3. The Morgan fingerprint density at radius 2 is 1.71 bits per heavy atom. The lowest BCUT2D eigenvalue weighted by Gasteiger charge is -2.39. The topological polar surface area (TPSA) is 60.0 Å². The Balaban J connectivity index is 1.35. The van der Waals surface area contributed by atoms with Crippen LogP contribution >= 0.6 is 15.9 Å². The smallest absolute Gasteiger partial charge is 0.224 e. The van der Waals surface area contributed by atoms with E-state index in [1.807, 2.05) is 18.2 Å². The fourth-order valence-electron chi connectivity index (χ4n) is 5.60. The molecule has 2 fully saturated rings. The summed E-state index contributed by atoms with van der Waals surface area (Å²) in [4.78, 5) is 15.5.